The second-order valence-electron chi connectivity index (χ2n) is 6.19. The van der Waals surface area contributed by atoms with E-state index in [2.05, 4.69) is 11.8 Å². The van der Waals surface area contributed by atoms with Crippen LogP contribution >= 0.6 is 0 Å². The van der Waals surface area contributed by atoms with E-state index in [-0.39, 0.29) is 0 Å². The van der Waals surface area contributed by atoms with Crippen molar-refractivity contribution in [2.45, 2.75) is 45.4 Å². The number of piperidine rings is 1. The maximum Gasteiger partial charge on any atom is 0.309 e. The summed E-state index contributed by atoms with van der Waals surface area (Å²) in [6, 6.07) is 0. The molecular weight excluding hydrogens is 242 g/mol. The van der Waals surface area contributed by atoms with Crippen LogP contribution in [0.25, 0.3) is 0 Å². The number of carboxylic acid groups (broad SMARTS) is 1. The number of hydrogen-bond acceptors (Lipinski definition) is 3. The van der Waals surface area contributed by atoms with Gasteiger partial charge < -0.3 is 14.7 Å². The fourth-order valence-electron chi connectivity index (χ4n) is 3.51. The zero-order valence-corrected chi connectivity index (χ0v) is 12.1. The van der Waals surface area contributed by atoms with Crippen LogP contribution in [0.3, 0.4) is 0 Å². The molecule has 4 nitrogen and oxygen atoms in total. The van der Waals surface area contributed by atoms with E-state index in [1.165, 1.54) is 0 Å². The number of rotatable bonds is 5. The minimum atomic E-state index is -0.583. The van der Waals surface area contributed by atoms with Gasteiger partial charge in [0.05, 0.1) is 5.41 Å². The van der Waals surface area contributed by atoms with Crippen molar-refractivity contribution in [3.8, 4) is 0 Å². The van der Waals surface area contributed by atoms with Crippen LogP contribution in [0.15, 0.2) is 0 Å². The number of carboxylic acids is 1. The Morgan fingerprint density at radius 1 is 1.32 bits per heavy atom. The first-order valence-electron chi connectivity index (χ1n) is 7.70. The summed E-state index contributed by atoms with van der Waals surface area (Å²) in [5, 5.41) is 9.49. The fourth-order valence-corrected chi connectivity index (χ4v) is 3.51. The van der Waals surface area contributed by atoms with Gasteiger partial charge in [-0.15, -0.1) is 0 Å². The molecule has 0 aliphatic carbocycles. The van der Waals surface area contributed by atoms with E-state index in [0.29, 0.717) is 0 Å². The number of carbonyl (C=O) groups is 1. The van der Waals surface area contributed by atoms with Crippen LogP contribution in [0.4, 0.5) is 0 Å². The van der Waals surface area contributed by atoms with Gasteiger partial charge in [-0.2, -0.15) is 0 Å². The van der Waals surface area contributed by atoms with E-state index in [1.54, 1.807) is 0 Å². The lowest BCUT2D eigenvalue weighted by atomic mass is 9.75. The highest BCUT2D eigenvalue weighted by Crippen LogP contribution is 2.36. The predicted molar refractivity (Wildman–Crippen MR) is 74.2 cm³/mol. The van der Waals surface area contributed by atoms with Gasteiger partial charge in [-0.1, -0.05) is 13.3 Å². The summed E-state index contributed by atoms with van der Waals surface area (Å²) in [6.07, 6.45) is 5.75. The first-order chi connectivity index (χ1) is 9.16. The number of aliphatic carboxylic acids is 1. The van der Waals surface area contributed by atoms with E-state index in [1.807, 2.05) is 0 Å². The van der Waals surface area contributed by atoms with Crippen LogP contribution in [-0.4, -0.2) is 48.8 Å². The summed E-state index contributed by atoms with van der Waals surface area (Å²) in [5.41, 5.74) is -0.444. The Morgan fingerprint density at radius 2 is 1.95 bits per heavy atom. The highest BCUT2D eigenvalue weighted by atomic mass is 16.5. The quantitative estimate of drug-likeness (QED) is 0.832. The molecule has 2 rings (SSSR count). The molecule has 2 aliphatic rings. The zero-order chi connectivity index (χ0) is 13.7. The molecule has 0 aromatic rings. The molecular formula is C15H27NO3. The molecule has 2 aliphatic heterocycles. The van der Waals surface area contributed by atoms with Gasteiger partial charge >= 0.3 is 5.97 Å². The number of nitrogens with zero attached hydrogens (tertiary/aromatic N) is 1. The molecule has 0 spiro atoms. The molecule has 0 aromatic heterocycles. The fraction of sp³-hybridized carbons (Fsp3) is 0.933. The van der Waals surface area contributed by atoms with Gasteiger partial charge in [0.1, 0.15) is 0 Å². The lowest BCUT2D eigenvalue weighted by Gasteiger charge is -2.40. The third-order valence-corrected chi connectivity index (χ3v) is 4.85. The molecule has 0 saturated carbocycles. The van der Waals surface area contributed by atoms with Crippen LogP contribution in [0.1, 0.15) is 45.4 Å². The third kappa shape index (κ3) is 3.69. The molecule has 0 unspecified atom stereocenters. The topological polar surface area (TPSA) is 49.8 Å². The Balaban J connectivity index is 1.81. The second kappa shape index (κ2) is 6.71. The van der Waals surface area contributed by atoms with Gasteiger partial charge in [-0.05, 0) is 51.1 Å². The van der Waals surface area contributed by atoms with E-state index < -0.39 is 11.4 Å². The van der Waals surface area contributed by atoms with E-state index in [0.717, 1.165) is 77.3 Å². The largest absolute Gasteiger partial charge is 0.481 e. The highest BCUT2D eigenvalue weighted by molar-refractivity contribution is 5.74. The molecule has 2 heterocycles. The van der Waals surface area contributed by atoms with Crippen LogP contribution in [0, 0.1) is 11.3 Å². The Morgan fingerprint density at radius 3 is 2.47 bits per heavy atom. The van der Waals surface area contributed by atoms with Gasteiger partial charge in [0, 0.05) is 19.8 Å². The first-order valence-corrected chi connectivity index (χ1v) is 7.70. The highest BCUT2D eigenvalue weighted by Gasteiger charge is 2.40. The van der Waals surface area contributed by atoms with E-state index in [9.17, 15) is 9.90 Å². The van der Waals surface area contributed by atoms with Gasteiger partial charge in [0.2, 0.25) is 0 Å². The maximum absolute atomic E-state index is 11.5. The number of hydrogen-bond donors (Lipinski definition) is 1. The average Bonchev–Trinajstić information content (AvgIpc) is 2.42. The van der Waals surface area contributed by atoms with Crippen molar-refractivity contribution in [2.75, 3.05) is 32.8 Å². The van der Waals surface area contributed by atoms with E-state index >= 15 is 0 Å². The molecule has 0 radical (unpaired) electrons. The zero-order valence-electron chi connectivity index (χ0n) is 12.1. The van der Waals surface area contributed by atoms with Crippen molar-refractivity contribution < 1.29 is 14.6 Å². The minimum absolute atomic E-state index is 0.444. The predicted octanol–water partition coefficient (Wildman–Crippen LogP) is 2.38. The molecule has 2 saturated heterocycles. The van der Waals surface area contributed by atoms with Gasteiger partial charge in [-0.25, -0.2) is 0 Å². The molecule has 1 N–H and O–H groups in total. The molecule has 0 atom stereocenters. The summed E-state index contributed by atoms with van der Waals surface area (Å²) < 4.78 is 5.39. The van der Waals surface area contributed by atoms with Crippen LogP contribution in [0.2, 0.25) is 0 Å². The monoisotopic (exact) mass is 269 g/mol. The standard InChI is InChI=1S/C15H27NO3/c1-2-5-15(14(17)18)6-8-16(9-7-15)12-13-3-10-19-11-4-13/h13H,2-12H2,1H3,(H,17,18). The summed E-state index contributed by atoms with van der Waals surface area (Å²) in [5.74, 6) is 0.164. The van der Waals surface area contributed by atoms with Crippen LogP contribution < -0.4 is 0 Å². The summed E-state index contributed by atoms with van der Waals surface area (Å²) in [7, 11) is 0. The Labute approximate surface area is 116 Å². The van der Waals surface area contributed by atoms with Crippen molar-refractivity contribution >= 4 is 5.97 Å². The number of ether oxygens (including phenoxy) is 1. The maximum atomic E-state index is 11.5. The average molecular weight is 269 g/mol. The van der Waals surface area contributed by atoms with Gasteiger partial charge in [-0.3, -0.25) is 4.79 Å². The van der Waals surface area contributed by atoms with Crippen LogP contribution in [-0.2, 0) is 9.53 Å². The summed E-state index contributed by atoms with van der Waals surface area (Å²) >= 11 is 0. The third-order valence-electron chi connectivity index (χ3n) is 4.85. The number of likely N-dealkylation sites (tertiary alicyclic amines) is 1. The molecule has 4 heteroatoms. The lowest BCUT2D eigenvalue weighted by molar-refractivity contribution is -0.152. The molecule has 19 heavy (non-hydrogen) atoms. The summed E-state index contributed by atoms with van der Waals surface area (Å²) in [6.45, 7) is 6.90. The van der Waals surface area contributed by atoms with Crippen LogP contribution in [0.5, 0.6) is 0 Å². The van der Waals surface area contributed by atoms with Gasteiger partial charge in [0.15, 0.2) is 0 Å². The smallest absolute Gasteiger partial charge is 0.309 e. The molecule has 0 bridgehead atoms. The Hall–Kier alpha value is -0.610. The lowest BCUT2D eigenvalue weighted by Crippen LogP contribution is -2.46. The molecule has 0 amide bonds. The summed E-state index contributed by atoms with van der Waals surface area (Å²) in [4.78, 5) is 14.0. The minimum Gasteiger partial charge on any atom is -0.481 e. The SMILES string of the molecule is CCCC1(C(=O)O)CCN(CC2CCOCC2)CC1. The Bertz CT molecular complexity index is 292. The molecule has 2 fully saturated rings. The van der Waals surface area contributed by atoms with Crippen molar-refractivity contribution in [1.82, 2.24) is 4.90 Å². The second-order valence-corrected chi connectivity index (χ2v) is 6.19. The first kappa shape index (κ1) is 14.8. The molecule has 110 valence electrons. The van der Waals surface area contributed by atoms with Crippen molar-refractivity contribution in [2.24, 2.45) is 11.3 Å². The van der Waals surface area contributed by atoms with Crippen molar-refractivity contribution in [3.05, 3.63) is 0 Å². The van der Waals surface area contributed by atoms with Crippen molar-refractivity contribution in [1.29, 1.82) is 0 Å². The Kier molecular flexibility index (Phi) is 5.22. The normalized spacial score (nSPS) is 25.3. The molecule has 0 aromatic carbocycles. The van der Waals surface area contributed by atoms with E-state index in [4.69, 9.17) is 4.74 Å². The van der Waals surface area contributed by atoms with Gasteiger partial charge in [0.25, 0.3) is 0 Å². The van der Waals surface area contributed by atoms with Crippen molar-refractivity contribution in [3.63, 3.8) is 0 Å².